The quantitative estimate of drug-likeness (QED) is 0.887. The molecule has 0 atom stereocenters. The summed E-state index contributed by atoms with van der Waals surface area (Å²) in [5.41, 5.74) is 0.959. The van der Waals surface area contributed by atoms with Crippen LogP contribution in [0.5, 0.6) is 0 Å². The predicted molar refractivity (Wildman–Crippen MR) is 65.2 cm³/mol. The second-order valence-electron chi connectivity index (χ2n) is 3.74. The first kappa shape index (κ1) is 13.5. The zero-order valence-corrected chi connectivity index (χ0v) is 10.9. The van der Waals surface area contributed by atoms with Crippen LogP contribution < -0.4 is 4.72 Å². The summed E-state index contributed by atoms with van der Waals surface area (Å²) >= 11 is 0. The van der Waals surface area contributed by atoms with Crippen LogP contribution in [-0.2, 0) is 10.0 Å². The maximum Gasteiger partial charge on any atom is 0.331 e. The number of hydrogen-bond acceptors (Lipinski definition) is 3. The predicted octanol–water partition coefficient (Wildman–Crippen LogP) is 1.35. The van der Waals surface area contributed by atoms with Crippen LogP contribution in [0.4, 0.5) is 4.79 Å². The van der Waals surface area contributed by atoms with Gasteiger partial charge in [-0.1, -0.05) is 17.7 Å². The highest BCUT2D eigenvalue weighted by atomic mass is 32.2. The van der Waals surface area contributed by atoms with Crippen LogP contribution in [0.25, 0.3) is 0 Å². The lowest BCUT2D eigenvalue weighted by molar-refractivity contribution is 0.217. The summed E-state index contributed by atoms with van der Waals surface area (Å²) in [6.07, 6.45) is 0. The van der Waals surface area contributed by atoms with Gasteiger partial charge in [0.2, 0.25) is 0 Å². The van der Waals surface area contributed by atoms with E-state index in [1.165, 1.54) is 24.1 Å². The van der Waals surface area contributed by atoms with Crippen LogP contribution in [0, 0.1) is 6.92 Å². The van der Waals surface area contributed by atoms with Gasteiger partial charge in [-0.3, -0.25) is 0 Å². The largest absolute Gasteiger partial charge is 0.331 e. The first-order chi connectivity index (χ1) is 7.86. The molecule has 0 heterocycles. The SMILES string of the molecule is CCN(C)C(=O)NS(=O)(=O)c1ccc(C)cc1. The highest BCUT2D eigenvalue weighted by Gasteiger charge is 2.18. The molecule has 0 aromatic heterocycles. The van der Waals surface area contributed by atoms with Crippen molar-refractivity contribution in [1.29, 1.82) is 0 Å². The molecule has 6 heteroatoms. The highest BCUT2D eigenvalue weighted by molar-refractivity contribution is 7.90. The van der Waals surface area contributed by atoms with E-state index in [0.717, 1.165) is 5.56 Å². The van der Waals surface area contributed by atoms with Gasteiger partial charge in [0, 0.05) is 13.6 Å². The summed E-state index contributed by atoms with van der Waals surface area (Å²) in [7, 11) is -2.24. The van der Waals surface area contributed by atoms with Crippen molar-refractivity contribution in [3.63, 3.8) is 0 Å². The van der Waals surface area contributed by atoms with Gasteiger partial charge in [0.15, 0.2) is 0 Å². The zero-order chi connectivity index (χ0) is 13.1. The monoisotopic (exact) mass is 256 g/mol. The van der Waals surface area contributed by atoms with E-state index in [0.29, 0.717) is 6.54 Å². The Kier molecular flexibility index (Phi) is 4.11. The van der Waals surface area contributed by atoms with Gasteiger partial charge < -0.3 is 4.90 Å². The van der Waals surface area contributed by atoms with Crippen molar-refractivity contribution in [2.45, 2.75) is 18.7 Å². The first-order valence-electron chi connectivity index (χ1n) is 5.21. The van der Waals surface area contributed by atoms with E-state index in [2.05, 4.69) is 0 Å². The first-order valence-corrected chi connectivity index (χ1v) is 6.69. The lowest BCUT2D eigenvalue weighted by Crippen LogP contribution is -2.40. The van der Waals surface area contributed by atoms with Gasteiger partial charge in [0.1, 0.15) is 0 Å². The number of urea groups is 1. The van der Waals surface area contributed by atoms with Crippen LogP contribution in [0.1, 0.15) is 12.5 Å². The number of amides is 2. The number of nitrogens with one attached hydrogen (secondary N) is 1. The Bertz CT molecular complexity index is 494. The summed E-state index contributed by atoms with van der Waals surface area (Å²) in [5.74, 6) is 0. The summed E-state index contributed by atoms with van der Waals surface area (Å²) in [5, 5.41) is 0. The summed E-state index contributed by atoms with van der Waals surface area (Å²) in [6.45, 7) is 4.06. The molecule has 0 radical (unpaired) electrons. The highest BCUT2D eigenvalue weighted by Crippen LogP contribution is 2.09. The van der Waals surface area contributed by atoms with E-state index in [4.69, 9.17) is 0 Å². The molecule has 0 unspecified atom stereocenters. The molecule has 0 saturated heterocycles. The van der Waals surface area contributed by atoms with Gasteiger partial charge in [0.05, 0.1) is 4.90 Å². The topological polar surface area (TPSA) is 66.5 Å². The fraction of sp³-hybridized carbons (Fsp3) is 0.364. The number of hydrogen-bond donors (Lipinski definition) is 1. The average Bonchev–Trinajstić information content (AvgIpc) is 2.27. The van der Waals surface area contributed by atoms with Crippen LogP contribution >= 0.6 is 0 Å². The molecule has 0 aliphatic carbocycles. The lowest BCUT2D eigenvalue weighted by Gasteiger charge is -2.15. The second kappa shape index (κ2) is 5.18. The molecular formula is C11H16N2O3S. The normalized spacial score (nSPS) is 11.0. The number of aryl methyl sites for hydroxylation is 1. The molecule has 0 aliphatic rings. The second-order valence-corrected chi connectivity index (χ2v) is 5.42. The number of rotatable bonds is 3. The summed E-state index contributed by atoms with van der Waals surface area (Å²) in [6, 6.07) is 5.67. The van der Waals surface area contributed by atoms with Crippen molar-refractivity contribution in [3.05, 3.63) is 29.8 Å². The number of carbonyl (C=O) groups is 1. The molecule has 0 saturated carbocycles. The smallest absolute Gasteiger partial charge is 0.327 e. The minimum atomic E-state index is -3.77. The van der Waals surface area contributed by atoms with E-state index in [-0.39, 0.29) is 4.90 Å². The molecule has 2 amide bonds. The molecule has 1 aromatic rings. The molecule has 0 fully saturated rings. The van der Waals surface area contributed by atoms with Crippen molar-refractivity contribution in [1.82, 2.24) is 9.62 Å². The Hall–Kier alpha value is -1.56. The number of sulfonamides is 1. The molecule has 0 bridgehead atoms. The maximum atomic E-state index is 11.8. The zero-order valence-electron chi connectivity index (χ0n) is 10.1. The van der Waals surface area contributed by atoms with Gasteiger partial charge in [-0.2, -0.15) is 0 Å². The van der Waals surface area contributed by atoms with Gasteiger partial charge in [-0.15, -0.1) is 0 Å². The Morgan fingerprint density at radius 1 is 1.29 bits per heavy atom. The molecule has 17 heavy (non-hydrogen) atoms. The summed E-state index contributed by atoms with van der Waals surface area (Å²) < 4.78 is 25.6. The van der Waals surface area contributed by atoms with Crippen LogP contribution in [0.15, 0.2) is 29.2 Å². The van der Waals surface area contributed by atoms with Gasteiger partial charge in [-0.25, -0.2) is 17.9 Å². The van der Waals surface area contributed by atoms with Gasteiger partial charge >= 0.3 is 6.03 Å². The molecule has 0 aliphatic heterocycles. The van der Waals surface area contributed by atoms with E-state index in [9.17, 15) is 13.2 Å². The fourth-order valence-corrected chi connectivity index (χ4v) is 2.11. The minimum Gasteiger partial charge on any atom is -0.327 e. The van der Waals surface area contributed by atoms with Gasteiger partial charge in [-0.05, 0) is 26.0 Å². The minimum absolute atomic E-state index is 0.0842. The Balaban J connectivity index is 2.89. The standard InChI is InChI=1S/C11H16N2O3S/c1-4-13(3)11(14)12-17(15,16)10-7-5-9(2)6-8-10/h5-8H,4H2,1-3H3,(H,12,14). The van der Waals surface area contributed by atoms with E-state index < -0.39 is 16.1 Å². The third-order valence-corrected chi connectivity index (χ3v) is 3.71. The Morgan fingerprint density at radius 2 is 1.82 bits per heavy atom. The van der Waals surface area contributed by atoms with Crippen molar-refractivity contribution >= 4 is 16.1 Å². The van der Waals surface area contributed by atoms with Crippen molar-refractivity contribution < 1.29 is 13.2 Å². The van der Waals surface area contributed by atoms with Gasteiger partial charge in [0.25, 0.3) is 10.0 Å². The molecule has 1 aromatic carbocycles. The maximum absolute atomic E-state index is 11.8. The Morgan fingerprint density at radius 3 is 2.29 bits per heavy atom. The third-order valence-electron chi connectivity index (χ3n) is 2.37. The number of nitrogens with zero attached hydrogens (tertiary/aromatic N) is 1. The van der Waals surface area contributed by atoms with Crippen LogP contribution in [-0.4, -0.2) is 32.9 Å². The molecule has 0 spiro atoms. The lowest BCUT2D eigenvalue weighted by atomic mass is 10.2. The number of benzene rings is 1. The van der Waals surface area contributed by atoms with E-state index in [1.807, 2.05) is 11.6 Å². The molecule has 1 N–H and O–H groups in total. The molecule has 1 rings (SSSR count). The Labute approximate surface area is 101 Å². The van der Waals surface area contributed by atoms with Crippen molar-refractivity contribution in [2.24, 2.45) is 0 Å². The average molecular weight is 256 g/mol. The van der Waals surface area contributed by atoms with Crippen molar-refractivity contribution in [2.75, 3.05) is 13.6 Å². The summed E-state index contributed by atoms with van der Waals surface area (Å²) in [4.78, 5) is 12.8. The van der Waals surface area contributed by atoms with Crippen molar-refractivity contribution in [3.8, 4) is 0 Å². The third kappa shape index (κ3) is 3.45. The fourth-order valence-electron chi connectivity index (χ4n) is 1.11. The van der Waals surface area contributed by atoms with E-state index in [1.54, 1.807) is 19.1 Å². The molecular weight excluding hydrogens is 240 g/mol. The molecule has 5 nitrogen and oxygen atoms in total. The van der Waals surface area contributed by atoms with Crippen LogP contribution in [0.2, 0.25) is 0 Å². The van der Waals surface area contributed by atoms with E-state index >= 15 is 0 Å². The number of carbonyl (C=O) groups excluding carboxylic acids is 1. The van der Waals surface area contributed by atoms with Crippen LogP contribution in [0.3, 0.4) is 0 Å². The molecule has 94 valence electrons.